The Labute approximate surface area is 352 Å². The van der Waals surface area contributed by atoms with E-state index in [0.29, 0.717) is 38.7 Å². The van der Waals surface area contributed by atoms with Gasteiger partial charge in [-0.05, 0) is 104 Å². The number of carbonyl (C=O) groups excluding carboxylic acids is 5. The Morgan fingerprint density at radius 1 is 0.883 bits per heavy atom. The average molecular weight is 839 g/mol. The highest BCUT2D eigenvalue weighted by Crippen LogP contribution is 2.64. The minimum Gasteiger partial charge on any atom is -0.505 e. The Bertz CT molecular complexity index is 2910. The number of fused-ring (bicyclic) bond motifs is 5. The van der Waals surface area contributed by atoms with E-state index in [2.05, 4.69) is 0 Å². The third kappa shape index (κ3) is 5.43. The number of aryl methyl sites for hydroxylation is 2. The van der Waals surface area contributed by atoms with Gasteiger partial charge in [-0.1, -0.05) is 59.6 Å². The Hall–Kier alpha value is -6.24. The van der Waals surface area contributed by atoms with E-state index >= 15 is 9.18 Å². The van der Waals surface area contributed by atoms with Crippen LogP contribution in [0.2, 0.25) is 5.02 Å². The highest BCUT2D eigenvalue weighted by atomic mass is 35.5. The number of amides is 4. The van der Waals surface area contributed by atoms with Gasteiger partial charge < -0.3 is 5.11 Å². The molecule has 10 rings (SSSR count). The van der Waals surface area contributed by atoms with Crippen LogP contribution in [0, 0.1) is 41.8 Å². The number of hydrogen-bond donors (Lipinski definition) is 1. The van der Waals surface area contributed by atoms with Crippen molar-refractivity contribution in [2.45, 2.75) is 32.6 Å². The van der Waals surface area contributed by atoms with Crippen LogP contribution in [0.25, 0.3) is 20.7 Å². The third-order valence-electron chi connectivity index (χ3n) is 13.2. The average Bonchev–Trinajstić information content (AvgIpc) is 3.92. The number of aromatic hydroxyl groups is 1. The van der Waals surface area contributed by atoms with Crippen molar-refractivity contribution in [1.29, 1.82) is 0 Å². The van der Waals surface area contributed by atoms with Gasteiger partial charge in [0.15, 0.2) is 17.3 Å². The molecule has 6 atom stereocenters. The van der Waals surface area contributed by atoms with Crippen LogP contribution in [0.5, 0.6) is 5.75 Å². The van der Waals surface area contributed by atoms with Crippen LogP contribution in [-0.2, 0) is 26.2 Å². The second-order valence-electron chi connectivity index (χ2n) is 16.3. The van der Waals surface area contributed by atoms with Gasteiger partial charge in [0.05, 0.1) is 33.7 Å². The predicted molar refractivity (Wildman–Crippen MR) is 225 cm³/mol. The molecule has 0 bridgehead atoms. The van der Waals surface area contributed by atoms with Crippen molar-refractivity contribution in [2.24, 2.45) is 36.1 Å². The zero-order chi connectivity index (χ0) is 41.9. The lowest BCUT2D eigenvalue weighted by Gasteiger charge is -2.49. The van der Waals surface area contributed by atoms with E-state index in [1.807, 2.05) is 37.3 Å². The molecule has 10 nitrogen and oxygen atoms in total. The van der Waals surface area contributed by atoms with Crippen LogP contribution in [0.1, 0.15) is 52.7 Å². The molecule has 4 heterocycles. The molecule has 1 saturated carbocycles. The number of hydrogen-bond acceptors (Lipinski definition) is 8. The number of imide groups is 2. The first-order chi connectivity index (χ1) is 28.8. The lowest BCUT2D eigenvalue weighted by Crippen LogP contribution is -2.49. The number of allylic oxidation sites excluding steroid dienone is 2. The Balaban J connectivity index is 1.03. The molecule has 0 radical (unpaired) electrons. The van der Waals surface area contributed by atoms with Crippen LogP contribution < -0.4 is 9.80 Å². The third-order valence-corrected chi connectivity index (χ3v) is 14.7. The quantitative estimate of drug-likeness (QED) is 0.101. The molecule has 300 valence electrons. The number of halogens is 2. The van der Waals surface area contributed by atoms with Crippen LogP contribution >= 0.6 is 22.9 Å². The maximum absolute atomic E-state index is 15.3. The summed E-state index contributed by atoms with van der Waals surface area (Å²) in [5.74, 6) is -7.25. The Kier molecular flexibility index (Phi) is 8.64. The second-order valence-corrected chi connectivity index (χ2v) is 17.8. The minimum atomic E-state index is -1.43. The fourth-order valence-electron chi connectivity index (χ4n) is 10.3. The summed E-state index contributed by atoms with van der Waals surface area (Å²) in [6.07, 6.45) is 2.18. The van der Waals surface area contributed by atoms with E-state index in [9.17, 15) is 24.3 Å². The van der Waals surface area contributed by atoms with E-state index in [-0.39, 0.29) is 30.3 Å². The number of anilines is 2. The molecule has 6 unspecified atom stereocenters. The first-order valence-corrected chi connectivity index (χ1v) is 20.8. The number of benzene rings is 4. The number of carbonyl (C=O) groups is 5. The van der Waals surface area contributed by atoms with E-state index in [1.165, 1.54) is 38.0 Å². The van der Waals surface area contributed by atoms with Crippen molar-refractivity contribution < 1.29 is 33.5 Å². The molecule has 3 fully saturated rings. The van der Waals surface area contributed by atoms with E-state index < -0.39 is 64.3 Å². The van der Waals surface area contributed by atoms with Gasteiger partial charge in [-0.25, -0.2) is 9.29 Å². The smallest absolute Gasteiger partial charge is 0.242 e. The molecular formula is C47H36ClFN4O6S. The summed E-state index contributed by atoms with van der Waals surface area (Å²) in [4.78, 5) is 75.1. The summed E-state index contributed by atoms with van der Waals surface area (Å²) >= 11 is 7.84. The fraction of sp³-hybridized carbons (Fsp3) is 0.234. The number of thiophene rings is 1. The van der Waals surface area contributed by atoms with Crippen molar-refractivity contribution in [2.75, 3.05) is 9.80 Å². The van der Waals surface area contributed by atoms with Crippen molar-refractivity contribution in [3.8, 4) is 16.3 Å². The number of aromatic nitrogens is 2. The van der Waals surface area contributed by atoms with Gasteiger partial charge in [0.1, 0.15) is 11.5 Å². The maximum atomic E-state index is 15.3. The normalized spacial score (nSPS) is 24.8. The molecule has 2 saturated heterocycles. The number of rotatable bonds is 6. The molecule has 60 heavy (non-hydrogen) atoms. The highest BCUT2D eigenvalue weighted by molar-refractivity contribution is 7.22. The SMILES string of the molecule is Cc1c(-c2cc(N3C(=O)C4CC5C(=CCC6C(=O)N(c7ccc(C(=O)c8ccccc8)cc7)C(=O)C65)C(c5ccc(O)c(F)c5)C4(C)C3=O)n(C)n2)sc2ccc(Cl)cc12. The summed E-state index contributed by atoms with van der Waals surface area (Å²) in [7, 11) is 1.67. The van der Waals surface area contributed by atoms with Crippen LogP contribution in [0.15, 0.2) is 109 Å². The molecule has 0 spiro atoms. The maximum Gasteiger partial charge on any atom is 0.242 e. The molecule has 4 aliphatic rings. The van der Waals surface area contributed by atoms with E-state index in [0.717, 1.165) is 20.5 Å². The molecule has 1 N–H and O–H groups in total. The zero-order valence-corrected chi connectivity index (χ0v) is 34.1. The Morgan fingerprint density at radius 2 is 1.62 bits per heavy atom. The first kappa shape index (κ1) is 38.0. The molecule has 2 aromatic heterocycles. The monoisotopic (exact) mass is 838 g/mol. The summed E-state index contributed by atoms with van der Waals surface area (Å²) in [6, 6.07) is 26.5. The predicted octanol–water partition coefficient (Wildman–Crippen LogP) is 8.77. The summed E-state index contributed by atoms with van der Waals surface area (Å²) in [5.41, 5.74) is 2.39. The standard InChI is InChI=1S/C47H36ClFN4O6S/c1-23-31-20-27(48)12-18-37(31)60-42(23)35-22-38(51(3)50-35)53-44(57)33-21-32-29(40(47(33,2)46(53)59)26-11-17-36(54)34(49)19-26)15-16-30-39(32)45(58)52(43(30)56)28-13-9-25(10-14-28)41(55)24-7-5-4-6-8-24/h4-15,17-20,22,30,32-33,39-40,54H,16,21H2,1-3H3. The van der Waals surface area contributed by atoms with Gasteiger partial charge in [-0.15, -0.1) is 11.3 Å². The number of nitrogens with zero attached hydrogens (tertiary/aromatic N) is 4. The van der Waals surface area contributed by atoms with Crippen LogP contribution in [-0.4, -0.2) is 44.3 Å². The van der Waals surface area contributed by atoms with Gasteiger partial charge in [0.2, 0.25) is 23.6 Å². The van der Waals surface area contributed by atoms with Crippen molar-refractivity contribution in [3.05, 3.63) is 142 Å². The van der Waals surface area contributed by atoms with E-state index in [1.54, 1.807) is 74.6 Å². The minimum absolute atomic E-state index is 0.0971. The highest BCUT2D eigenvalue weighted by Gasteiger charge is 2.68. The largest absolute Gasteiger partial charge is 0.505 e. The number of phenols is 1. The Morgan fingerprint density at radius 3 is 2.35 bits per heavy atom. The number of ketones is 1. The topological polar surface area (TPSA) is 130 Å². The molecule has 13 heteroatoms. The van der Waals surface area contributed by atoms with E-state index in [4.69, 9.17) is 16.7 Å². The molecule has 4 amide bonds. The van der Waals surface area contributed by atoms with Crippen LogP contribution in [0.3, 0.4) is 0 Å². The van der Waals surface area contributed by atoms with Gasteiger partial charge in [-0.3, -0.25) is 33.6 Å². The zero-order valence-electron chi connectivity index (χ0n) is 32.6. The molecule has 6 aromatic rings. The van der Waals surface area contributed by atoms with Crippen molar-refractivity contribution in [1.82, 2.24) is 9.78 Å². The lowest BCUT2D eigenvalue weighted by atomic mass is 9.51. The number of phenolic OH excluding ortho intramolecular Hbond substituents is 1. The summed E-state index contributed by atoms with van der Waals surface area (Å²) < 4.78 is 17.8. The second kappa shape index (κ2) is 13.7. The molecular weight excluding hydrogens is 803 g/mol. The molecule has 2 aliphatic carbocycles. The first-order valence-electron chi connectivity index (χ1n) is 19.6. The van der Waals surface area contributed by atoms with Gasteiger partial charge >= 0.3 is 0 Å². The van der Waals surface area contributed by atoms with Crippen molar-refractivity contribution in [3.63, 3.8) is 0 Å². The molecule has 2 aliphatic heterocycles. The van der Waals surface area contributed by atoms with Gasteiger partial charge in [0.25, 0.3) is 0 Å². The lowest BCUT2D eigenvalue weighted by molar-refractivity contribution is -0.131. The summed E-state index contributed by atoms with van der Waals surface area (Å²) in [5, 5.41) is 16.6. The fourth-order valence-corrected chi connectivity index (χ4v) is 11.6. The van der Waals surface area contributed by atoms with Gasteiger partial charge in [0, 0.05) is 39.9 Å². The van der Waals surface area contributed by atoms with Crippen molar-refractivity contribution >= 4 is 73.9 Å². The van der Waals surface area contributed by atoms with Gasteiger partial charge in [-0.2, -0.15) is 5.10 Å². The summed E-state index contributed by atoms with van der Waals surface area (Å²) in [6.45, 7) is 3.70. The molecule has 4 aromatic carbocycles. The van der Waals surface area contributed by atoms with Crippen LogP contribution in [0.4, 0.5) is 15.9 Å².